The average molecular weight is 301 g/mol. The number of benzene rings is 2. The van der Waals surface area contributed by atoms with Crippen LogP contribution in [0.4, 0.5) is 0 Å². The first kappa shape index (κ1) is 15.4. The van der Waals surface area contributed by atoms with Crippen molar-refractivity contribution in [2.75, 3.05) is 12.8 Å². The Morgan fingerprint density at radius 1 is 1.05 bits per heavy atom. The van der Waals surface area contributed by atoms with Crippen molar-refractivity contribution in [2.45, 2.75) is 12.2 Å². The van der Waals surface area contributed by atoms with Crippen LogP contribution in [0.3, 0.4) is 0 Å². The molecule has 0 aliphatic carbocycles. The maximum Gasteiger partial charge on any atom is 0.251 e. The number of hydrogen-bond donors (Lipinski definition) is 1. The van der Waals surface area contributed by atoms with Crippen LogP contribution in [0.5, 0.6) is 0 Å². The molecule has 4 heteroatoms. The molecule has 0 heterocycles. The fourth-order valence-corrected chi connectivity index (χ4v) is 2.75. The molecule has 1 amide bonds. The van der Waals surface area contributed by atoms with Gasteiger partial charge in [0.15, 0.2) is 0 Å². The highest BCUT2D eigenvalue weighted by Gasteiger charge is 2.06. The van der Waals surface area contributed by atoms with E-state index in [1.807, 2.05) is 42.5 Å². The van der Waals surface area contributed by atoms with Crippen LogP contribution in [0.15, 0.2) is 54.6 Å². The van der Waals surface area contributed by atoms with Gasteiger partial charge in [-0.15, -0.1) is 0 Å². The molecule has 0 fully saturated rings. The third kappa shape index (κ3) is 5.16. The number of nitrogens with one attached hydrogen (secondary N) is 1. The minimum atomic E-state index is -0.900. The summed E-state index contributed by atoms with van der Waals surface area (Å²) in [6.45, 7) is 0.604. The van der Waals surface area contributed by atoms with Crippen molar-refractivity contribution in [1.29, 1.82) is 0 Å². The largest absolute Gasteiger partial charge is 0.352 e. The zero-order chi connectivity index (χ0) is 15.1. The van der Waals surface area contributed by atoms with Crippen LogP contribution in [-0.2, 0) is 23.0 Å². The Hall–Kier alpha value is -1.94. The highest BCUT2D eigenvalue weighted by Crippen LogP contribution is 2.07. The molecule has 0 aromatic heterocycles. The van der Waals surface area contributed by atoms with Gasteiger partial charge < -0.3 is 5.32 Å². The molecule has 0 aliphatic heterocycles. The van der Waals surface area contributed by atoms with E-state index in [-0.39, 0.29) is 5.91 Å². The van der Waals surface area contributed by atoms with E-state index < -0.39 is 10.8 Å². The molecular weight excluding hydrogens is 282 g/mol. The van der Waals surface area contributed by atoms with Crippen molar-refractivity contribution in [1.82, 2.24) is 5.32 Å². The Morgan fingerprint density at radius 2 is 1.76 bits per heavy atom. The van der Waals surface area contributed by atoms with Crippen LogP contribution in [0.25, 0.3) is 0 Å². The molecule has 2 rings (SSSR count). The first-order valence-corrected chi connectivity index (χ1v) is 8.59. The summed E-state index contributed by atoms with van der Waals surface area (Å²) in [4.78, 5) is 12.1. The number of hydrogen-bond acceptors (Lipinski definition) is 2. The van der Waals surface area contributed by atoms with Crippen molar-refractivity contribution >= 4 is 16.7 Å². The normalized spacial score (nSPS) is 11.9. The number of rotatable bonds is 6. The van der Waals surface area contributed by atoms with E-state index in [2.05, 4.69) is 5.32 Å². The monoisotopic (exact) mass is 301 g/mol. The van der Waals surface area contributed by atoms with Gasteiger partial charge in [-0.3, -0.25) is 9.00 Å². The van der Waals surface area contributed by atoms with Gasteiger partial charge in [0.2, 0.25) is 0 Å². The number of carbonyl (C=O) groups excluding carboxylic acids is 1. The van der Waals surface area contributed by atoms with Crippen LogP contribution in [0.2, 0.25) is 0 Å². The molecule has 0 aliphatic rings. The van der Waals surface area contributed by atoms with Crippen molar-refractivity contribution in [3.63, 3.8) is 0 Å². The Balaban J connectivity index is 1.89. The van der Waals surface area contributed by atoms with Crippen molar-refractivity contribution in [3.8, 4) is 0 Å². The number of amides is 1. The smallest absolute Gasteiger partial charge is 0.251 e. The van der Waals surface area contributed by atoms with Crippen LogP contribution >= 0.6 is 0 Å². The fraction of sp³-hybridized carbons (Fsp3) is 0.235. The molecule has 1 unspecified atom stereocenters. The highest BCUT2D eigenvalue weighted by atomic mass is 32.2. The molecule has 0 radical (unpaired) electrons. The van der Waals surface area contributed by atoms with E-state index in [9.17, 15) is 9.00 Å². The summed E-state index contributed by atoms with van der Waals surface area (Å²) in [6, 6.07) is 17.4. The Morgan fingerprint density at radius 3 is 2.48 bits per heavy atom. The maximum absolute atomic E-state index is 12.1. The molecule has 0 bridgehead atoms. The fourth-order valence-electron chi connectivity index (χ4n) is 2.10. The lowest BCUT2D eigenvalue weighted by molar-refractivity contribution is 0.0954. The zero-order valence-corrected chi connectivity index (χ0v) is 12.9. The molecule has 110 valence electrons. The summed E-state index contributed by atoms with van der Waals surface area (Å²) in [5, 5.41) is 2.91. The van der Waals surface area contributed by atoms with E-state index in [1.54, 1.807) is 18.4 Å². The number of carbonyl (C=O) groups is 1. The Labute approximate surface area is 127 Å². The lowest BCUT2D eigenvalue weighted by atomic mass is 10.1. The SMILES string of the molecule is CS(=O)Cc1cccc(C(=O)NCCc2ccccc2)c1. The van der Waals surface area contributed by atoms with Gasteiger partial charge in [0.25, 0.3) is 5.91 Å². The topological polar surface area (TPSA) is 46.2 Å². The minimum absolute atomic E-state index is 0.0883. The van der Waals surface area contributed by atoms with Gasteiger partial charge in [0.05, 0.1) is 0 Å². The van der Waals surface area contributed by atoms with Gasteiger partial charge in [0, 0.05) is 34.9 Å². The summed E-state index contributed by atoms with van der Waals surface area (Å²) >= 11 is 0. The van der Waals surface area contributed by atoms with Gasteiger partial charge in [-0.2, -0.15) is 0 Å². The predicted octanol–water partition coefficient (Wildman–Crippen LogP) is 2.54. The van der Waals surface area contributed by atoms with Crippen LogP contribution in [0, 0.1) is 0 Å². The minimum Gasteiger partial charge on any atom is -0.352 e. The summed E-state index contributed by atoms with van der Waals surface area (Å²) in [5.74, 6) is 0.389. The van der Waals surface area contributed by atoms with Crippen LogP contribution in [0.1, 0.15) is 21.5 Å². The molecule has 0 saturated carbocycles. The first-order valence-electron chi connectivity index (χ1n) is 6.86. The molecule has 3 nitrogen and oxygen atoms in total. The van der Waals surface area contributed by atoms with Crippen molar-refractivity contribution < 1.29 is 9.00 Å². The molecule has 1 N–H and O–H groups in total. The Bertz CT molecular complexity index is 626. The van der Waals surface area contributed by atoms with Gasteiger partial charge in [-0.1, -0.05) is 42.5 Å². The summed E-state index contributed by atoms with van der Waals surface area (Å²) in [5.41, 5.74) is 2.74. The van der Waals surface area contributed by atoms with E-state index in [0.717, 1.165) is 12.0 Å². The third-order valence-corrected chi connectivity index (χ3v) is 3.84. The molecule has 21 heavy (non-hydrogen) atoms. The van der Waals surface area contributed by atoms with Gasteiger partial charge in [0.1, 0.15) is 0 Å². The van der Waals surface area contributed by atoms with Crippen molar-refractivity contribution in [3.05, 3.63) is 71.3 Å². The third-order valence-electron chi connectivity index (χ3n) is 3.10. The van der Waals surface area contributed by atoms with E-state index in [1.165, 1.54) is 5.56 Å². The summed E-state index contributed by atoms with van der Waals surface area (Å²) < 4.78 is 11.2. The molecular formula is C17H19NO2S. The lowest BCUT2D eigenvalue weighted by Crippen LogP contribution is -2.25. The zero-order valence-electron chi connectivity index (χ0n) is 12.0. The molecule has 0 saturated heterocycles. The molecule has 0 spiro atoms. The first-order chi connectivity index (χ1) is 10.1. The second-order valence-corrected chi connectivity index (χ2v) is 6.34. The lowest BCUT2D eigenvalue weighted by Gasteiger charge is -2.07. The van der Waals surface area contributed by atoms with Gasteiger partial charge in [-0.25, -0.2) is 0 Å². The van der Waals surface area contributed by atoms with Gasteiger partial charge in [-0.05, 0) is 29.7 Å². The van der Waals surface area contributed by atoms with E-state index in [0.29, 0.717) is 17.9 Å². The summed E-state index contributed by atoms with van der Waals surface area (Å²) in [7, 11) is -0.900. The van der Waals surface area contributed by atoms with Crippen molar-refractivity contribution in [2.24, 2.45) is 0 Å². The van der Waals surface area contributed by atoms with Crippen LogP contribution < -0.4 is 5.32 Å². The Kier molecular flexibility index (Phi) is 5.69. The summed E-state index contributed by atoms with van der Waals surface area (Å²) in [6.07, 6.45) is 2.47. The van der Waals surface area contributed by atoms with Gasteiger partial charge >= 0.3 is 0 Å². The standard InChI is InChI=1S/C17H19NO2S/c1-21(20)13-15-8-5-9-16(12-15)17(19)18-11-10-14-6-3-2-4-7-14/h2-9,12H,10-11,13H2,1H3,(H,18,19). The molecule has 2 aromatic rings. The predicted molar refractivity (Wildman–Crippen MR) is 86.7 cm³/mol. The second kappa shape index (κ2) is 7.74. The van der Waals surface area contributed by atoms with Crippen LogP contribution in [-0.4, -0.2) is 22.9 Å². The highest BCUT2D eigenvalue weighted by molar-refractivity contribution is 7.83. The molecule has 1 atom stereocenters. The second-order valence-electron chi connectivity index (χ2n) is 4.91. The average Bonchev–Trinajstić information content (AvgIpc) is 2.48. The maximum atomic E-state index is 12.1. The quantitative estimate of drug-likeness (QED) is 0.891. The molecule has 2 aromatic carbocycles. The van der Waals surface area contributed by atoms with E-state index >= 15 is 0 Å². The van der Waals surface area contributed by atoms with E-state index in [4.69, 9.17) is 0 Å².